The summed E-state index contributed by atoms with van der Waals surface area (Å²) >= 11 is 1.11. The summed E-state index contributed by atoms with van der Waals surface area (Å²) in [5, 5.41) is 10.8. The monoisotopic (exact) mass is 225 g/mol. The second-order valence-electron chi connectivity index (χ2n) is 3.48. The molecule has 0 bridgehead atoms. The molecule has 80 valence electrons. The van der Waals surface area contributed by atoms with Crippen LogP contribution in [0.5, 0.6) is 0 Å². The third-order valence-electron chi connectivity index (χ3n) is 1.67. The molecule has 0 unspecified atom stereocenters. The molecule has 2 aromatic heterocycles. The number of aromatic nitrogens is 4. The zero-order chi connectivity index (χ0) is 10.7. The van der Waals surface area contributed by atoms with Crippen molar-refractivity contribution in [3.8, 4) is 11.6 Å². The highest BCUT2D eigenvalue weighted by molar-refractivity contribution is 6.99. The minimum absolute atomic E-state index is 0.398. The van der Waals surface area contributed by atoms with Crippen molar-refractivity contribution in [3.63, 3.8) is 0 Å². The average Bonchev–Trinajstić information content (AvgIpc) is 2.85. The fourth-order valence-electron chi connectivity index (χ4n) is 0.948. The Labute approximate surface area is 91.1 Å². The van der Waals surface area contributed by atoms with Gasteiger partial charge in [0.25, 0.3) is 5.89 Å². The second kappa shape index (κ2) is 4.35. The molecule has 2 rings (SSSR count). The van der Waals surface area contributed by atoms with E-state index in [1.807, 2.05) is 0 Å². The molecular formula is C8H11N5OS. The van der Waals surface area contributed by atoms with Gasteiger partial charge in [0.2, 0.25) is 0 Å². The first-order valence-corrected chi connectivity index (χ1v) is 5.34. The van der Waals surface area contributed by atoms with Gasteiger partial charge in [-0.15, -0.1) is 5.10 Å². The maximum absolute atomic E-state index is 5.35. The van der Waals surface area contributed by atoms with Gasteiger partial charge in [0.05, 0.1) is 17.9 Å². The van der Waals surface area contributed by atoms with E-state index in [4.69, 9.17) is 4.42 Å². The van der Waals surface area contributed by atoms with Gasteiger partial charge in [-0.25, -0.2) is 0 Å². The number of nitrogens with zero attached hydrogens (tertiary/aromatic N) is 4. The molecule has 0 aliphatic heterocycles. The van der Waals surface area contributed by atoms with E-state index >= 15 is 0 Å². The SMILES string of the molecule is CC(C)CNc1nnc(-c2cnsn2)o1. The van der Waals surface area contributed by atoms with Crippen molar-refractivity contribution in [1.29, 1.82) is 0 Å². The van der Waals surface area contributed by atoms with Crippen LogP contribution in [-0.2, 0) is 0 Å². The minimum atomic E-state index is 0.398. The first-order chi connectivity index (χ1) is 7.25. The van der Waals surface area contributed by atoms with Crippen molar-refractivity contribution in [1.82, 2.24) is 18.9 Å². The largest absolute Gasteiger partial charge is 0.402 e. The first kappa shape index (κ1) is 10.0. The number of anilines is 1. The lowest BCUT2D eigenvalue weighted by atomic mass is 10.2. The summed E-state index contributed by atoms with van der Waals surface area (Å²) in [5.41, 5.74) is 0.616. The number of rotatable bonds is 4. The van der Waals surface area contributed by atoms with Gasteiger partial charge >= 0.3 is 6.01 Å². The molecule has 0 atom stereocenters. The predicted molar refractivity (Wildman–Crippen MR) is 56.5 cm³/mol. The maximum atomic E-state index is 5.35. The topological polar surface area (TPSA) is 76.7 Å². The molecule has 0 radical (unpaired) electrons. The lowest BCUT2D eigenvalue weighted by Crippen LogP contribution is -2.07. The lowest BCUT2D eigenvalue weighted by molar-refractivity contribution is 0.568. The molecule has 0 fully saturated rings. The summed E-state index contributed by atoms with van der Waals surface area (Å²) in [4.78, 5) is 0. The standard InChI is InChI=1S/C8H11N5OS/c1-5(2)3-9-8-12-11-7(14-8)6-4-10-15-13-6/h4-5H,3H2,1-2H3,(H,9,12). The smallest absolute Gasteiger partial charge is 0.315 e. The summed E-state index contributed by atoms with van der Waals surface area (Å²) in [5.74, 6) is 0.927. The first-order valence-electron chi connectivity index (χ1n) is 4.61. The Balaban J connectivity index is 2.04. The van der Waals surface area contributed by atoms with E-state index in [1.54, 1.807) is 6.20 Å². The van der Waals surface area contributed by atoms with Crippen LogP contribution in [0.2, 0.25) is 0 Å². The van der Waals surface area contributed by atoms with Crippen molar-refractivity contribution in [2.75, 3.05) is 11.9 Å². The molecular weight excluding hydrogens is 214 g/mol. The van der Waals surface area contributed by atoms with Crippen LogP contribution in [0.15, 0.2) is 10.6 Å². The fraction of sp³-hybridized carbons (Fsp3) is 0.500. The Morgan fingerprint density at radius 2 is 2.33 bits per heavy atom. The van der Waals surface area contributed by atoms with Crippen LogP contribution in [0.1, 0.15) is 13.8 Å². The molecule has 0 saturated heterocycles. The normalized spacial score (nSPS) is 10.9. The molecule has 0 saturated carbocycles. The van der Waals surface area contributed by atoms with Gasteiger partial charge in [0.15, 0.2) is 5.69 Å². The molecule has 0 spiro atoms. The third kappa shape index (κ3) is 2.50. The van der Waals surface area contributed by atoms with E-state index in [9.17, 15) is 0 Å². The quantitative estimate of drug-likeness (QED) is 0.852. The fourth-order valence-corrected chi connectivity index (χ4v) is 1.36. The molecule has 15 heavy (non-hydrogen) atoms. The highest BCUT2D eigenvalue weighted by Gasteiger charge is 2.10. The third-order valence-corrected chi connectivity index (χ3v) is 2.14. The maximum Gasteiger partial charge on any atom is 0.315 e. The van der Waals surface area contributed by atoms with Gasteiger partial charge in [-0.1, -0.05) is 18.9 Å². The van der Waals surface area contributed by atoms with Crippen LogP contribution < -0.4 is 5.32 Å². The Bertz CT molecular complexity index is 410. The van der Waals surface area contributed by atoms with Crippen LogP contribution in [0.4, 0.5) is 6.01 Å². The number of nitrogens with one attached hydrogen (secondary N) is 1. The summed E-state index contributed by atoms with van der Waals surface area (Å²) in [6.45, 7) is 5.01. The van der Waals surface area contributed by atoms with Gasteiger partial charge in [-0.2, -0.15) is 8.75 Å². The Hall–Kier alpha value is -1.50. The molecule has 1 N–H and O–H groups in total. The van der Waals surface area contributed by atoms with E-state index in [1.165, 1.54) is 0 Å². The second-order valence-corrected chi connectivity index (χ2v) is 4.04. The zero-order valence-electron chi connectivity index (χ0n) is 8.47. The summed E-state index contributed by atoms with van der Waals surface area (Å²) in [6.07, 6.45) is 1.60. The molecule has 6 nitrogen and oxygen atoms in total. The van der Waals surface area contributed by atoms with Crippen LogP contribution in [-0.4, -0.2) is 25.5 Å². The van der Waals surface area contributed by atoms with Gasteiger partial charge in [-0.3, -0.25) is 0 Å². The number of hydrogen-bond acceptors (Lipinski definition) is 7. The van der Waals surface area contributed by atoms with Crippen LogP contribution in [0.25, 0.3) is 11.6 Å². The molecule has 2 aromatic rings. The van der Waals surface area contributed by atoms with E-state index in [-0.39, 0.29) is 0 Å². The summed E-state index contributed by atoms with van der Waals surface area (Å²) in [7, 11) is 0. The van der Waals surface area contributed by atoms with Crippen molar-refractivity contribution in [3.05, 3.63) is 6.20 Å². The summed E-state index contributed by atoms with van der Waals surface area (Å²) < 4.78 is 13.2. The molecule has 0 amide bonds. The summed E-state index contributed by atoms with van der Waals surface area (Å²) in [6, 6.07) is 0.423. The van der Waals surface area contributed by atoms with E-state index in [0.29, 0.717) is 23.5 Å². The molecule has 7 heteroatoms. The number of hydrogen-bond donors (Lipinski definition) is 1. The van der Waals surface area contributed by atoms with Crippen molar-refractivity contribution < 1.29 is 4.42 Å². The van der Waals surface area contributed by atoms with Crippen molar-refractivity contribution in [2.45, 2.75) is 13.8 Å². The van der Waals surface area contributed by atoms with Crippen molar-refractivity contribution >= 4 is 17.7 Å². The Morgan fingerprint density at radius 3 is 3.00 bits per heavy atom. The highest BCUT2D eigenvalue weighted by Crippen LogP contribution is 2.17. The zero-order valence-corrected chi connectivity index (χ0v) is 9.28. The van der Waals surface area contributed by atoms with Crippen LogP contribution in [0.3, 0.4) is 0 Å². The molecule has 2 heterocycles. The molecule has 0 aliphatic rings. The van der Waals surface area contributed by atoms with Gasteiger partial charge < -0.3 is 9.73 Å². The Kier molecular flexibility index (Phi) is 2.91. The van der Waals surface area contributed by atoms with Crippen molar-refractivity contribution in [2.24, 2.45) is 5.92 Å². The van der Waals surface area contributed by atoms with Gasteiger partial charge in [-0.05, 0) is 5.92 Å². The molecule has 0 aliphatic carbocycles. The van der Waals surface area contributed by atoms with Gasteiger partial charge in [0, 0.05) is 6.54 Å². The highest BCUT2D eigenvalue weighted by atomic mass is 32.1. The lowest BCUT2D eigenvalue weighted by Gasteiger charge is -2.02. The molecule has 0 aromatic carbocycles. The van der Waals surface area contributed by atoms with E-state index in [0.717, 1.165) is 18.3 Å². The average molecular weight is 225 g/mol. The van der Waals surface area contributed by atoms with Gasteiger partial charge in [0.1, 0.15) is 0 Å². The van der Waals surface area contributed by atoms with Crippen LogP contribution in [0, 0.1) is 5.92 Å². The van der Waals surface area contributed by atoms with E-state index in [2.05, 4.69) is 38.1 Å². The van der Waals surface area contributed by atoms with Crippen LogP contribution >= 0.6 is 11.7 Å². The predicted octanol–water partition coefficient (Wildman–Crippen LogP) is 1.66. The Morgan fingerprint density at radius 1 is 1.47 bits per heavy atom. The van der Waals surface area contributed by atoms with E-state index < -0.39 is 0 Å². The minimum Gasteiger partial charge on any atom is -0.402 e.